The van der Waals surface area contributed by atoms with Gasteiger partial charge in [-0.15, -0.1) is 11.3 Å². The monoisotopic (exact) mass is 417 g/mol. The maximum Gasteiger partial charge on any atom is 0.261 e. The summed E-state index contributed by atoms with van der Waals surface area (Å²) in [6.45, 7) is 1.93. The largest absolute Gasteiger partial charge is 0.344 e. The Bertz CT molecular complexity index is 1320. The second-order valence-corrected chi connectivity index (χ2v) is 8.96. The lowest BCUT2D eigenvalue weighted by atomic mass is 9.82. The van der Waals surface area contributed by atoms with E-state index in [0.29, 0.717) is 36.6 Å². The van der Waals surface area contributed by atoms with Crippen LogP contribution in [0.1, 0.15) is 28.4 Å². The molecule has 2 atom stereocenters. The fraction of sp³-hybridized carbons (Fsp3) is 0.273. The lowest BCUT2D eigenvalue weighted by molar-refractivity contribution is 0.0595. The van der Waals surface area contributed by atoms with Crippen LogP contribution in [0.2, 0.25) is 0 Å². The van der Waals surface area contributed by atoms with Gasteiger partial charge in [0.15, 0.2) is 0 Å². The van der Waals surface area contributed by atoms with E-state index in [1.165, 1.54) is 0 Å². The molecule has 150 valence electrons. The summed E-state index contributed by atoms with van der Waals surface area (Å²) in [7, 11) is 0. The predicted octanol–water partition coefficient (Wildman–Crippen LogP) is 3.11. The number of likely N-dealkylation sites (tertiary alicyclic amines) is 1. The first-order chi connectivity index (χ1) is 14.7. The summed E-state index contributed by atoms with van der Waals surface area (Å²) < 4.78 is 2.97. The van der Waals surface area contributed by atoms with Gasteiger partial charge in [0, 0.05) is 49.2 Å². The molecule has 1 aromatic carbocycles. The van der Waals surface area contributed by atoms with E-state index in [2.05, 4.69) is 15.0 Å². The van der Waals surface area contributed by atoms with Gasteiger partial charge in [-0.1, -0.05) is 0 Å². The Morgan fingerprint density at radius 2 is 2.07 bits per heavy atom. The lowest BCUT2D eigenvalue weighted by Gasteiger charge is -2.43. The Balaban J connectivity index is 1.32. The number of piperidine rings is 1. The first-order valence-corrected chi connectivity index (χ1v) is 10.9. The minimum atomic E-state index is -0.00842. The van der Waals surface area contributed by atoms with Crippen molar-refractivity contribution in [2.45, 2.75) is 18.9 Å². The molecule has 7 nitrogen and oxygen atoms in total. The second kappa shape index (κ2) is 6.63. The molecule has 2 aliphatic heterocycles. The molecule has 2 bridgehead atoms. The summed E-state index contributed by atoms with van der Waals surface area (Å²) in [5.74, 6) is 1.08. The third kappa shape index (κ3) is 2.71. The molecule has 0 saturated carbocycles. The number of thiazole rings is 1. The Kier molecular flexibility index (Phi) is 3.89. The molecule has 30 heavy (non-hydrogen) atoms. The molecular weight excluding hydrogens is 398 g/mol. The third-order valence-corrected chi connectivity index (χ3v) is 7.03. The van der Waals surface area contributed by atoms with E-state index in [0.717, 1.165) is 22.3 Å². The molecule has 2 aliphatic rings. The van der Waals surface area contributed by atoms with E-state index in [-0.39, 0.29) is 23.3 Å². The van der Waals surface area contributed by atoms with E-state index in [1.807, 2.05) is 39.8 Å². The zero-order chi connectivity index (χ0) is 20.2. The number of nitrogens with zero attached hydrogens (tertiary/aromatic N) is 4. The highest BCUT2D eigenvalue weighted by Crippen LogP contribution is 2.36. The lowest BCUT2D eigenvalue weighted by Crippen LogP contribution is -2.49. The highest BCUT2D eigenvalue weighted by molar-refractivity contribution is 7.16. The number of nitrogens with one attached hydrogen (secondary N) is 1. The Morgan fingerprint density at radius 1 is 1.13 bits per heavy atom. The van der Waals surface area contributed by atoms with E-state index < -0.39 is 0 Å². The van der Waals surface area contributed by atoms with Crippen LogP contribution in [0.15, 0.2) is 53.0 Å². The van der Waals surface area contributed by atoms with Crippen molar-refractivity contribution in [3.63, 3.8) is 0 Å². The Labute approximate surface area is 176 Å². The van der Waals surface area contributed by atoms with E-state index in [1.54, 1.807) is 29.2 Å². The number of amides is 1. The molecule has 3 aromatic heterocycles. The van der Waals surface area contributed by atoms with Gasteiger partial charge < -0.3 is 14.5 Å². The van der Waals surface area contributed by atoms with Crippen LogP contribution in [0.3, 0.4) is 0 Å². The molecule has 0 radical (unpaired) electrons. The first kappa shape index (κ1) is 17.6. The molecule has 5 heterocycles. The summed E-state index contributed by atoms with van der Waals surface area (Å²) >= 11 is 1.58. The number of hydrogen-bond acceptors (Lipinski definition) is 5. The van der Waals surface area contributed by atoms with Crippen molar-refractivity contribution in [2.24, 2.45) is 5.92 Å². The quantitative estimate of drug-likeness (QED) is 0.543. The number of carbonyl (C=O) groups excluding carboxylic acids is 1. The number of H-pyrrole nitrogens is 1. The molecule has 8 heteroatoms. The van der Waals surface area contributed by atoms with Crippen LogP contribution < -0.4 is 5.56 Å². The molecule has 0 spiro atoms. The molecule has 4 aromatic rings. The van der Waals surface area contributed by atoms with Crippen molar-refractivity contribution in [2.75, 3.05) is 13.1 Å². The van der Waals surface area contributed by atoms with Crippen molar-refractivity contribution in [1.29, 1.82) is 0 Å². The maximum atomic E-state index is 13.2. The van der Waals surface area contributed by atoms with Crippen LogP contribution in [0.5, 0.6) is 0 Å². The van der Waals surface area contributed by atoms with Crippen molar-refractivity contribution in [1.82, 2.24) is 24.4 Å². The number of rotatable bonds is 2. The maximum absolute atomic E-state index is 13.2. The molecule has 6 rings (SSSR count). The molecule has 0 aliphatic carbocycles. The third-order valence-electron chi connectivity index (χ3n) is 6.22. The summed E-state index contributed by atoms with van der Waals surface area (Å²) in [6.07, 6.45) is 4.38. The van der Waals surface area contributed by atoms with Crippen molar-refractivity contribution in [3.05, 3.63) is 69.8 Å². The fourth-order valence-corrected chi connectivity index (χ4v) is 5.54. The number of fused-ring (bicyclic) bond motifs is 5. The van der Waals surface area contributed by atoms with Crippen LogP contribution in [0.4, 0.5) is 0 Å². The Hall–Kier alpha value is -3.26. The van der Waals surface area contributed by atoms with Crippen LogP contribution >= 0.6 is 11.3 Å². The van der Waals surface area contributed by atoms with Gasteiger partial charge in [-0.05, 0) is 42.7 Å². The number of aromatic nitrogens is 4. The minimum Gasteiger partial charge on any atom is -0.344 e. The number of imidazole rings is 1. The van der Waals surface area contributed by atoms with Crippen molar-refractivity contribution >= 4 is 27.5 Å². The topological polar surface area (TPSA) is 83.9 Å². The van der Waals surface area contributed by atoms with Crippen molar-refractivity contribution < 1.29 is 4.79 Å². The van der Waals surface area contributed by atoms with E-state index >= 15 is 0 Å². The highest BCUT2D eigenvalue weighted by Gasteiger charge is 2.37. The summed E-state index contributed by atoms with van der Waals surface area (Å²) in [5, 5.41) is 0. The van der Waals surface area contributed by atoms with Crippen LogP contribution in [-0.4, -0.2) is 43.4 Å². The van der Waals surface area contributed by atoms with Gasteiger partial charge in [0.25, 0.3) is 11.5 Å². The van der Waals surface area contributed by atoms with Gasteiger partial charge in [0.2, 0.25) is 0 Å². The summed E-state index contributed by atoms with van der Waals surface area (Å²) in [4.78, 5) is 39.8. The molecule has 1 N–H and O–H groups in total. The van der Waals surface area contributed by atoms with E-state index in [9.17, 15) is 9.59 Å². The van der Waals surface area contributed by atoms with Gasteiger partial charge >= 0.3 is 0 Å². The smallest absolute Gasteiger partial charge is 0.261 e. The Morgan fingerprint density at radius 3 is 2.93 bits per heavy atom. The predicted molar refractivity (Wildman–Crippen MR) is 115 cm³/mol. The fourth-order valence-electron chi connectivity index (χ4n) is 4.88. The number of pyridine rings is 1. The first-order valence-electron chi connectivity index (χ1n) is 10.0. The standard InChI is InChI=1S/C22H19N5O2S/c28-21(14-1-4-19-17(8-14)25-12-30-19)26-9-13-7-15(11-26)18-3-2-16(20-23-5-6-24-20)22(29)27(18)10-13/h1-6,8,12-13,15H,7,9-11H2,(H,23,24)/t13-,15+/m0/s1. The SMILES string of the molecule is O=C(c1ccc2scnc2c1)N1C[C@@H]2C[C@H](C1)c1ccc(-c3ncc[nH]3)c(=O)n1C2. The molecular formula is C22H19N5O2S. The van der Waals surface area contributed by atoms with Gasteiger partial charge in [0.1, 0.15) is 5.82 Å². The van der Waals surface area contributed by atoms with Gasteiger partial charge in [-0.3, -0.25) is 9.59 Å². The molecule has 1 amide bonds. The van der Waals surface area contributed by atoms with E-state index in [4.69, 9.17) is 0 Å². The van der Waals surface area contributed by atoms with Gasteiger partial charge in [0.05, 0.1) is 21.3 Å². The van der Waals surface area contributed by atoms with Crippen LogP contribution in [0, 0.1) is 5.92 Å². The average molecular weight is 417 g/mol. The van der Waals surface area contributed by atoms with Gasteiger partial charge in [-0.25, -0.2) is 9.97 Å². The number of carbonyl (C=O) groups is 1. The second-order valence-electron chi connectivity index (χ2n) is 8.07. The van der Waals surface area contributed by atoms with Crippen LogP contribution in [-0.2, 0) is 6.54 Å². The zero-order valence-electron chi connectivity index (χ0n) is 16.1. The zero-order valence-corrected chi connectivity index (χ0v) is 16.9. The van der Waals surface area contributed by atoms with Crippen LogP contribution in [0.25, 0.3) is 21.6 Å². The molecule has 1 fully saturated rings. The molecule has 1 saturated heterocycles. The number of benzene rings is 1. The molecule has 0 unspecified atom stereocenters. The highest BCUT2D eigenvalue weighted by atomic mass is 32.1. The summed E-state index contributed by atoms with van der Waals surface area (Å²) in [5.41, 5.74) is 4.94. The summed E-state index contributed by atoms with van der Waals surface area (Å²) in [6, 6.07) is 9.61. The normalized spacial score (nSPS) is 20.3. The number of hydrogen-bond donors (Lipinski definition) is 1. The van der Waals surface area contributed by atoms with Gasteiger partial charge in [-0.2, -0.15) is 0 Å². The number of aromatic amines is 1. The van der Waals surface area contributed by atoms with Crippen molar-refractivity contribution in [3.8, 4) is 11.4 Å². The minimum absolute atomic E-state index is 0.00842. The average Bonchev–Trinajstić information content (AvgIpc) is 3.45.